The van der Waals surface area contributed by atoms with E-state index < -0.39 is 0 Å². The number of likely N-dealkylation sites (N-methyl/N-ethyl adjacent to an activating group) is 1. The van der Waals surface area contributed by atoms with Gasteiger partial charge in [-0.25, -0.2) is 0 Å². The Morgan fingerprint density at radius 3 is 2.67 bits per heavy atom. The van der Waals surface area contributed by atoms with Gasteiger partial charge >= 0.3 is 0 Å². The van der Waals surface area contributed by atoms with Crippen molar-refractivity contribution in [3.8, 4) is 0 Å². The zero-order valence-electron chi connectivity index (χ0n) is 9.88. The van der Waals surface area contributed by atoms with Crippen LogP contribution in [0, 0.1) is 5.92 Å². The predicted octanol–water partition coefficient (Wildman–Crippen LogP) is 2.75. The average molecular weight is 234 g/mol. The van der Waals surface area contributed by atoms with Crippen LogP contribution < -0.4 is 0 Å². The van der Waals surface area contributed by atoms with Crippen LogP contribution in [0.15, 0.2) is 0 Å². The summed E-state index contributed by atoms with van der Waals surface area (Å²) in [6, 6.07) is 0. The first-order valence-electron chi connectivity index (χ1n) is 6.15. The number of unbranched alkanes of at least 4 members (excludes halogenated alkanes) is 2. The maximum absolute atomic E-state index is 5.62. The Labute approximate surface area is 98.9 Å². The van der Waals surface area contributed by atoms with Gasteiger partial charge in [-0.2, -0.15) is 0 Å². The molecule has 0 bridgehead atoms. The molecule has 90 valence electrons. The fourth-order valence-corrected chi connectivity index (χ4v) is 1.71. The van der Waals surface area contributed by atoms with E-state index in [-0.39, 0.29) is 0 Å². The van der Waals surface area contributed by atoms with Crippen molar-refractivity contribution in [2.45, 2.75) is 32.1 Å². The van der Waals surface area contributed by atoms with Crippen LogP contribution in [0.25, 0.3) is 0 Å². The van der Waals surface area contributed by atoms with Crippen molar-refractivity contribution in [1.82, 2.24) is 4.90 Å². The average Bonchev–Trinajstić information content (AvgIpc) is 3.03. The molecular weight excluding hydrogens is 210 g/mol. The van der Waals surface area contributed by atoms with Crippen molar-refractivity contribution >= 4 is 11.6 Å². The van der Waals surface area contributed by atoms with Crippen molar-refractivity contribution in [3.05, 3.63) is 0 Å². The van der Waals surface area contributed by atoms with E-state index in [0.717, 1.165) is 38.0 Å². The van der Waals surface area contributed by atoms with Crippen LogP contribution in [0.5, 0.6) is 0 Å². The maximum atomic E-state index is 5.62. The molecule has 0 N–H and O–H groups in total. The van der Waals surface area contributed by atoms with Gasteiger partial charge in [0.05, 0.1) is 6.61 Å². The second kappa shape index (κ2) is 8.37. The first-order chi connectivity index (χ1) is 7.33. The van der Waals surface area contributed by atoms with Crippen LogP contribution in [-0.4, -0.2) is 44.1 Å². The lowest BCUT2D eigenvalue weighted by molar-refractivity contribution is 0.103. The van der Waals surface area contributed by atoms with Crippen LogP contribution in [0.4, 0.5) is 0 Å². The summed E-state index contributed by atoms with van der Waals surface area (Å²) >= 11 is 5.62. The molecule has 0 aromatic carbocycles. The predicted molar refractivity (Wildman–Crippen MR) is 65.6 cm³/mol. The van der Waals surface area contributed by atoms with Crippen molar-refractivity contribution in [2.75, 3.05) is 39.2 Å². The molecule has 0 unspecified atom stereocenters. The van der Waals surface area contributed by atoms with Crippen molar-refractivity contribution in [2.24, 2.45) is 5.92 Å². The Morgan fingerprint density at radius 1 is 1.20 bits per heavy atom. The van der Waals surface area contributed by atoms with Gasteiger partial charge in [-0.05, 0) is 45.2 Å². The summed E-state index contributed by atoms with van der Waals surface area (Å²) in [5.41, 5.74) is 0. The normalized spacial score (nSPS) is 16.2. The smallest absolute Gasteiger partial charge is 0.0593 e. The summed E-state index contributed by atoms with van der Waals surface area (Å²) in [6.45, 7) is 4.11. The monoisotopic (exact) mass is 233 g/mol. The van der Waals surface area contributed by atoms with E-state index in [1.54, 1.807) is 0 Å². The number of hydrogen-bond donors (Lipinski definition) is 0. The van der Waals surface area contributed by atoms with Gasteiger partial charge in [0.2, 0.25) is 0 Å². The highest BCUT2D eigenvalue weighted by molar-refractivity contribution is 6.17. The van der Waals surface area contributed by atoms with E-state index in [4.69, 9.17) is 16.3 Å². The van der Waals surface area contributed by atoms with Gasteiger partial charge in [-0.1, -0.05) is 6.42 Å². The summed E-state index contributed by atoms with van der Waals surface area (Å²) in [4.78, 5) is 2.35. The minimum Gasteiger partial charge on any atom is -0.380 e. The van der Waals surface area contributed by atoms with E-state index in [1.807, 2.05) is 0 Å². The van der Waals surface area contributed by atoms with E-state index >= 15 is 0 Å². The molecule has 0 aliphatic heterocycles. The lowest BCUT2D eigenvalue weighted by Gasteiger charge is -2.16. The number of rotatable bonds is 10. The molecule has 3 heteroatoms. The molecule has 0 saturated heterocycles. The molecule has 1 saturated carbocycles. The number of hydrogen-bond acceptors (Lipinski definition) is 2. The van der Waals surface area contributed by atoms with E-state index in [9.17, 15) is 0 Å². The van der Waals surface area contributed by atoms with Gasteiger partial charge in [0.15, 0.2) is 0 Å². The molecule has 1 fully saturated rings. The minimum atomic E-state index is 0.800. The van der Waals surface area contributed by atoms with Gasteiger partial charge in [0, 0.05) is 19.0 Å². The summed E-state index contributed by atoms with van der Waals surface area (Å²) in [7, 11) is 2.17. The van der Waals surface area contributed by atoms with Crippen molar-refractivity contribution in [3.63, 3.8) is 0 Å². The van der Waals surface area contributed by atoms with Crippen molar-refractivity contribution < 1.29 is 4.74 Å². The number of alkyl halides is 1. The third kappa shape index (κ3) is 8.06. The fraction of sp³-hybridized carbons (Fsp3) is 1.00. The van der Waals surface area contributed by atoms with Gasteiger partial charge in [0.25, 0.3) is 0 Å². The van der Waals surface area contributed by atoms with Crippen LogP contribution in [0.2, 0.25) is 0 Å². The Morgan fingerprint density at radius 2 is 2.00 bits per heavy atom. The summed E-state index contributed by atoms with van der Waals surface area (Å²) in [5, 5.41) is 0. The van der Waals surface area contributed by atoms with Gasteiger partial charge < -0.3 is 9.64 Å². The third-order valence-electron chi connectivity index (χ3n) is 2.84. The van der Waals surface area contributed by atoms with Crippen molar-refractivity contribution in [1.29, 1.82) is 0 Å². The number of nitrogens with zero attached hydrogens (tertiary/aromatic N) is 1. The van der Waals surface area contributed by atoms with E-state index in [1.165, 1.54) is 32.2 Å². The summed E-state index contributed by atoms with van der Waals surface area (Å²) in [5.74, 6) is 1.69. The first-order valence-corrected chi connectivity index (χ1v) is 6.68. The first kappa shape index (κ1) is 13.3. The van der Waals surface area contributed by atoms with Gasteiger partial charge in [-0.3, -0.25) is 0 Å². The maximum Gasteiger partial charge on any atom is 0.0593 e. The number of ether oxygens (including phenoxy) is 1. The minimum absolute atomic E-state index is 0.800. The lowest BCUT2D eigenvalue weighted by atomic mass is 10.2. The Balaban J connectivity index is 1.77. The molecular formula is C12H24ClNO. The van der Waals surface area contributed by atoms with Crippen LogP contribution in [-0.2, 0) is 4.74 Å². The van der Waals surface area contributed by atoms with E-state index in [2.05, 4.69) is 11.9 Å². The second-order valence-corrected chi connectivity index (χ2v) is 4.95. The van der Waals surface area contributed by atoms with Crippen LogP contribution in [0.3, 0.4) is 0 Å². The lowest BCUT2D eigenvalue weighted by Crippen LogP contribution is -2.24. The quantitative estimate of drug-likeness (QED) is 0.425. The molecule has 0 spiro atoms. The molecule has 1 aliphatic carbocycles. The highest BCUT2D eigenvalue weighted by atomic mass is 35.5. The zero-order chi connectivity index (χ0) is 10.9. The molecule has 0 heterocycles. The Bertz CT molecular complexity index is 151. The molecule has 1 rings (SSSR count). The molecule has 0 aromatic rings. The highest BCUT2D eigenvalue weighted by Gasteiger charge is 2.20. The molecule has 0 aromatic heterocycles. The number of halogens is 1. The molecule has 0 radical (unpaired) electrons. The highest BCUT2D eigenvalue weighted by Crippen LogP contribution is 2.28. The fourth-order valence-electron chi connectivity index (χ4n) is 1.52. The van der Waals surface area contributed by atoms with Crippen LogP contribution in [0.1, 0.15) is 32.1 Å². The summed E-state index contributed by atoms with van der Waals surface area (Å²) < 4.78 is 5.59. The van der Waals surface area contributed by atoms with Crippen LogP contribution >= 0.6 is 11.6 Å². The van der Waals surface area contributed by atoms with Gasteiger partial charge in [0.1, 0.15) is 0 Å². The third-order valence-corrected chi connectivity index (χ3v) is 3.11. The molecule has 15 heavy (non-hydrogen) atoms. The van der Waals surface area contributed by atoms with E-state index in [0.29, 0.717) is 0 Å². The zero-order valence-corrected chi connectivity index (χ0v) is 10.6. The molecule has 0 amide bonds. The molecule has 2 nitrogen and oxygen atoms in total. The topological polar surface area (TPSA) is 12.5 Å². The largest absolute Gasteiger partial charge is 0.380 e. The second-order valence-electron chi connectivity index (χ2n) is 4.57. The molecule has 1 aliphatic rings. The Kier molecular flexibility index (Phi) is 7.41. The van der Waals surface area contributed by atoms with Gasteiger partial charge in [-0.15, -0.1) is 11.6 Å². The molecule has 0 atom stereocenters. The summed E-state index contributed by atoms with van der Waals surface area (Å²) in [6.07, 6.45) is 6.42. The standard InChI is InChI=1S/C12H24ClNO/c1-14(8-4-2-3-7-13)9-10-15-11-12-5-6-12/h12H,2-11H2,1H3. The SMILES string of the molecule is CN(CCCCCCl)CCOCC1CC1. The Hall–Kier alpha value is 0.210.